The molecule has 0 rings (SSSR count). The topological polar surface area (TPSA) is 26.3 Å². The molecular weight excluding hydrogens is 188 g/mol. The van der Waals surface area contributed by atoms with Crippen molar-refractivity contribution in [3.05, 3.63) is 24.5 Å². The zero-order valence-electron chi connectivity index (χ0n) is 10.2. The maximum absolute atomic E-state index is 10.9. The third-order valence-corrected chi connectivity index (χ3v) is 2.05. The van der Waals surface area contributed by atoms with Gasteiger partial charge in [0.2, 0.25) is 0 Å². The van der Waals surface area contributed by atoms with E-state index in [1.54, 1.807) is 6.92 Å². The van der Waals surface area contributed by atoms with Crippen molar-refractivity contribution in [2.45, 2.75) is 47.0 Å². The number of carbonyl (C=O) groups is 1. The van der Waals surface area contributed by atoms with Gasteiger partial charge < -0.3 is 4.74 Å². The van der Waals surface area contributed by atoms with Gasteiger partial charge in [0.25, 0.3) is 0 Å². The molecule has 0 amide bonds. The second-order valence-corrected chi connectivity index (χ2v) is 4.22. The summed E-state index contributed by atoms with van der Waals surface area (Å²) in [7, 11) is 0. The molecule has 0 atom stereocenters. The van der Waals surface area contributed by atoms with E-state index in [1.165, 1.54) is 6.26 Å². The molecule has 15 heavy (non-hydrogen) atoms. The highest BCUT2D eigenvalue weighted by molar-refractivity contribution is 5.69. The van der Waals surface area contributed by atoms with Crippen molar-refractivity contribution in [1.29, 1.82) is 0 Å². The summed E-state index contributed by atoms with van der Waals surface area (Å²) in [6, 6.07) is 0. The van der Waals surface area contributed by atoms with E-state index in [9.17, 15) is 4.79 Å². The fourth-order valence-electron chi connectivity index (χ4n) is 0.999. The van der Waals surface area contributed by atoms with Gasteiger partial charge in [0, 0.05) is 6.42 Å². The first-order chi connectivity index (χ1) is 7.02. The summed E-state index contributed by atoms with van der Waals surface area (Å²) >= 11 is 0. The SMILES string of the molecule is CC/C=C/CC(C)(C)/C=C/OC(=O)CC. The van der Waals surface area contributed by atoms with Gasteiger partial charge in [-0.1, -0.05) is 39.8 Å². The van der Waals surface area contributed by atoms with Crippen LogP contribution in [-0.2, 0) is 9.53 Å². The molecule has 0 aromatic rings. The normalized spacial score (nSPS) is 12.5. The summed E-state index contributed by atoms with van der Waals surface area (Å²) in [5.41, 5.74) is 0.0414. The standard InChI is InChI=1S/C13H22O2/c1-5-7-8-9-13(3,4)10-11-15-12(14)6-2/h7-8,10-11H,5-6,9H2,1-4H3/b8-7+,11-10+. The molecule has 0 aromatic heterocycles. The van der Waals surface area contributed by atoms with Crippen molar-refractivity contribution in [2.75, 3.05) is 0 Å². The van der Waals surface area contributed by atoms with Crippen LogP contribution in [0, 0.1) is 5.41 Å². The quantitative estimate of drug-likeness (QED) is 0.378. The van der Waals surface area contributed by atoms with E-state index in [4.69, 9.17) is 4.74 Å². The zero-order valence-corrected chi connectivity index (χ0v) is 10.2. The molecule has 0 N–H and O–H groups in total. The van der Waals surface area contributed by atoms with E-state index in [1.807, 2.05) is 6.08 Å². The van der Waals surface area contributed by atoms with Crippen LogP contribution in [0.1, 0.15) is 47.0 Å². The molecule has 0 saturated carbocycles. The van der Waals surface area contributed by atoms with E-state index in [-0.39, 0.29) is 11.4 Å². The molecule has 0 aliphatic rings. The highest BCUT2D eigenvalue weighted by atomic mass is 16.5. The van der Waals surface area contributed by atoms with Crippen LogP contribution in [-0.4, -0.2) is 5.97 Å². The van der Waals surface area contributed by atoms with Crippen molar-refractivity contribution >= 4 is 5.97 Å². The number of rotatable bonds is 6. The zero-order chi connectivity index (χ0) is 11.7. The van der Waals surface area contributed by atoms with Gasteiger partial charge >= 0.3 is 5.97 Å². The molecule has 0 bridgehead atoms. The van der Waals surface area contributed by atoms with Gasteiger partial charge in [-0.25, -0.2) is 0 Å². The molecule has 2 heteroatoms. The van der Waals surface area contributed by atoms with Gasteiger partial charge in [-0.2, -0.15) is 0 Å². The third-order valence-electron chi connectivity index (χ3n) is 2.05. The predicted octanol–water partition coefficient (Wildman–Crippen LogP) is 3.84. The third kappa shape index (κ3) is 7.98. The summed E-state index contributed by atoms with van der Waals surface area (Å²) in [6.07, 6.45) is 10.2. The molecule has 2 nitrogen and oxygen atoms in total. The minimum absolute atomic E-state index is 0.0414. The van der Waals surface area contributed by atoms with Crippen LogP contribution in [0.4, 0.5) is 0 Å². The molecule has 86 valence electrons. The lowest BCUT2D eigenvalue weighted by Gasteiger charge is -2.16. The summed E-state index contributed by atoms with van der Waals surface area (Å²) in [5, 5.41) is 0. The first-order valence-corrected chi connectivity index (χ1v) is 5.54. The van der Waals surface area contributed by atoms with E-state index >= 15 is 0 Å². The average Bonchev–Trinajstić information content (AvgIpc) is 2.17. The van der Waals surface area contributed by atoms with Gasteiger partial charge in [0.1, 0.15) is 0 Å². The van der Waals surface area contributed by atoms with Gasteiger partial charge in [0.05, 0.1) is 6.26 Å². The first-order valence-electron chi connectivity index (χ1n) is 5.54. The first kappa shape index (κ1) is 13.9. The molecule has 0 heterocycles. The van der Waals surface area contributed by atoms with Crippen LogP contribution in [0.2, 0.25) is 0 Å². The largest absolute Gasteiger partial charge is 0.435 e. The van der Waals surface area contributed by atoms with E-state index < -0.39 is 0 Å². The van der Waals surface area contributed by atoms with Gasteiger partial charge in [-0.3, -0.25) is 4.79 Å². The Labute approximate surface area is 93.0 Å². The van der Waals surface area contributed by atoms with Crippen molar-refractivity contribution in [1.82, 2.24) is 0 Å². The molecule has 0 unspecified atom stereocenters. The molecule has 0 spiro atoms. The Balaban J connectivity index is 4.01. The van der Waals surface area contributed by atoms with Crippen molar-refractivity contribution < 1.29 is 9.53 Å². The van der Waals surface area contributed by atoms with Gasteiger partial charge in [-0.15, -0.1) is 0 Å². The second-order valence-electron chi connectivity index (χ2n) is 4.22. The summed E-state index contributed by atoms with van der Waals surface area (Å²) in [6.45, 7) is 8.13. The lowest BCUT2D eigenvalue weighted by Crippen LogP contribution is -2.06. The maximum atomic E-state index is 10.9. The summed E-state index contributed by atoms with van der Waals surface area (Å²) < 4.78 is 4.89. The maximum Gasteiger partial charge on any atom is 0.310 e. The Kier molecular flexibility index (Phi) is 6.76. The molecule has 0 aliphatic heterocycles. The highest BCUT2D eigenvalue weighted by Crippen LogP contribution is 2.22. The van der Waals surface area contributed by atoms with Crippen molar-refractivity contribution in [2.24, 2.45) is 5.41 Å². The Morgan fingerprint density at radius 1 is 1.27 bits per heavy atom. The molecule has 0 aliphatic carbocycles. The van der Waals surface area contributed by atoms with E-state index in [0.717, 1.165) is 12.8 Å². The van der Waals surface area contributed by atoms with Gasteiger partial charge in [-0.05, 0) is 24.3 Å². The van der Waals surface area contributed by atoms with Crippen LogP contribution in [0.15, 0.2) is 24.5 Å². The summed E-state index contributed by atoms with van der Waals surface area (Å²) in [4.78, 5) is 10.9. The number of hydrogen-bond acceptors (Lipinski definition) is 2. The predicted molar refractivity (Wildman–Crippen MR) is 63.4 cm³/mol. The Bertz CT molecular complexity index is 237. The summed E-state index contributed by atoms with van der Waals surface area (Å²) in [5.74, 6) is -0.189. The van der Waals surface area contributed by atoms with Crippen molar-refractivity contribution in [3.8, 4) is 0 Å². The lowest BCUT2D eigenvalue weighted by molar-refractivity contribution is -0.137. The second kappa shape index (κ2) is 7.27. The number of hydrogen-bond donors (Lipinski definition) is 0. The lowest BCUT2D eigenvalue weighted by atomic mass is 9.89. The van der Waals surface area contributed by atoms with Crippen LogP contribution in [0.5, 0.6) is 0 Å². The molecule has 0 aromatic carbocycles. The number of ether oxygens (including phenoxy) is 1. The molecular formula is C13H22O2. The Morgan fingerprint density at radius 2 is 1.93 bits per heavy atom. The molecule has 0 radical (unpaired) electrons. The molecule has 0 saturated heterocycles. The smallest absolute Gasteiger partial charge is 0.310 e. The van der Waals surface area contributed by atoms with Crippen LogP contribution in [0.25, 0.3) is 0 Å². The average molecular weight is 210 g/mol. The minimum atomic E-state index is -0.189. The number of carbonyl (C=O) groups excluding carboxylic acids is 1. The van der Waals surface area contributed by atoms with E-state index in [2.05, 4.69) is 32.9 Å². The van der Waals surface area contributed by atoms with Crippen LogP contribution >= 0.6 is 0 Å². The number of esters is 1. The fraction of sp³-hybridized carbons (Fsp3) is 0.615. The monoisotopic (exact) mass is 210 g/mol. The highest BCUT2D eigenvalue weighted by Gasteiger charge is 2.11. The Hall–Kier alpha value is -1.05. The molecule has 0 fully saturated rings. The minimum Gasteiger partial charge on any atom is -0.435 e. The Morgan fingerprint density at radius 3 is 2.47 bits per heavy atom. The fourth-order valence-corrected chi connectivity index (χ4v) is 0.999. The van der Waals surface area contributed by atoms with Crippen LogP contribution in [0.3, 0.4) is 0 Å². The van der Waals surface area contributed by atoms with Crippen molar-refractivity contribution in [3.63, 3.8) is 0 Å². The van der Waals surface area contributed by atoms with E-state index in [0.29, 0.717) is 6.42 Å². The number of allylic oxidation sites excluding steroid dienone is 3. The van der Waals surface area contributed by atoms with Gasteiger partial charge in [0.15, 0.2) is 0 Å². The van der Waals surface area contributed by atoms with Crippen LogP contribution < -0.4 is 0 Å².